The summed E-state index contributed by atoms with van der Waals surface area (Å²) in [6.45, 7) is 1.92. The van der Waals surface area contributed by atoms with Crippen LogP contribution < -0.4 is 10.0 Å². The molecule has 0 aliphatic carbocycles. The zero-order chi connectivity index (χ0) is 18.6. The van der Waals surface area contributed by atoms with Crippen LogP contribution in [0.5, 0.6) is 0 Å². The summed E-state index contributed by atoms with van der Waals surface area (Å²) in [5, 5.41) is 3.03. The number of amides is 1. The number of likely N-dealkylation sites (tertiary alicyclic amines) is 1. The second-order valence-corrected chi connectivity index (χ2v) is 8.23. The monoisotopic (exact) mass is 373 g/mol. The van der Waals surface area contributed by atoms with Gasteiger partial charge in [0, 0.05) is 17.3 Å². The lowest BCUT2D eigenvalue weighted by molar-refractivity contribution is 0.0917. The van der Waals surface area contributed by atoms with Gasteiger partial charge in [0.15, 0.2) is 0 Å². The number of nitrogens with one attached hydrogen (secondary N) is 2. The van der Waals surface area contributed by atoms with Gasteiger partial charge in [-0.05, 0) is 63.3 Å². The van der Waals surface area contributed by atoms with E-state index in [1.807, 2.05) is 0 Å². The van der Waals surface area contributed by atoms with Crippen molar-refractivity contribution >= 4 is 21.6 Å². The van der Waals surface area contributed by atoms with Crippen molar-refractivity contribution in [3.8, 4) is 0 Å². The summed E-state index contributed by atoms with van der Waals surface area (Å²) in [6, 6.07) is 14.9. The minimum Gasteiger partial charge on any atom is -0.349 e. The minimum atomic E-state index is -3.68. The van der Waals surface area contributed by atoms with Crippen LogP contribution in [0.15, 0.2) is 59.5 Å². The summed E-state index contributed by atoms with van der Waals surface area (Å²) in [7, 11) is -1.61. The average molecular weight is 373 g/mol. The van der Waals surface area contributed by atoms with Crippen molar-refractivity contribution in [2.45, 2.75) is 23.8 Å². The van der Waals surface area contributed by atoms with Crippen LogP contribution in [0.1, 0.15) is 23.2 Å². The maximum Gasteiger partial charge on any atom is 0.261 e. The number of sulfonamides is 1. The molecule has 1 heterocycles. The molecule has 138 valence electrons. The van der Waals surface area contributed by atoms with Crippen molar-refractivity contribution in [2.24, 2.45) is 0 Å². The minimum absolute atomic E-state index is 0.156. The van der Waals surface area contributed by atoms with Crippen LogP contribution in [-0.2, 0) is 10.0 Å². The van der Waals surface area contributed by atoms with Gasteiger partial charge in [0.2, 0.25) is 0 Å². The summed E-state index contributed by atoms with van der Waals surface area (Å²) in [5.41, 5.74) is 0.807. The van der Waals surface area contributed by atoms with Crippen LogP contribution >= 0.6 is 0 Å². The van der Waals surface area contributed by atoms with E-state index in [9.17, 15) is 13.2 Å². The highest BCUT2D eigenvalue weighted by Gasteiger charge is 2.20. The molecule has 1 aliphatic rings. The standard InChI is InChI=1S/C19H23N3O3S/c1-22-12-10-16(11-13-22)20-19(23)15-6-5-7-17(14-15)21-26(24,25)18-8-3-2-4-9-18/h2-9,14,16,21H,10-13H2,1H3,(H,20,23). The zero-order valence-corrected chi connectivity index (χ0v) is 15.5. The molecule has 26 heavy (non-hydrogen) atoms. The van der Waals surface area contributed by atoms with Crippen molar-refractivity contribution in [1.29, 1.82) is 0 Å². The van der Waals surface area contributed by atoms with Crippen LogP contribution in [0.4, 0.5) is 5.69 Å². The Hall–Kier alpha value is -2.38. The Morgan fingerprint density at radius 1 is 1.04 bits per heavy atom. The molecule has 0 spiro atoms. The molecule has 1 saturated heterocycles. The molecular formula is C19H23N3O3S. The SMILES string of the molecule is CN1CCC(NC(=O)c2cccc(NS(=O)(=O)c3ccccc3)c2)CC1. The van der Waals surface area contributed by atoms with Gasteiger partial charge >= 0.3 is 0 Å². The van der Waals surface area contributed by atoms with Gasteiger partial charge in [-0.15, -0.1) is 0 Å². The van der Waals surface area contributed by atoms with Crippen molar-refractivity contribution in [3.05, 3.63) is 60.2 Å². The number of anilines is 1. The third-order valence-corrected chi connectivity index (χ3v) is 5.88. The summed E-state index contributed by atoms with van der Waals surface area (Å²) >= 11 is 0. The molecule has 1 amide bonds. The first kappa shape index (κ1) is 18.4. The van der Waals surface area contributed by atoms with E-state index in [0.717, 1.165) is 25.9 Å². The van der Waals surface area contributed by atoms with Crippen LogP contribution in [0.2, 0.25) is 0 Å². The zero-order valence-electron chi connectivity index (χ0n) is 14.7. The first-order valence-corrected chi connectivity index (χ1v) is 10.1. The van der Waals surface area contributed by atoms with Gasteiger partial charge in [-0.2, -0.15) is 0 Å². The second kappa shape index (κ2) is 7.88. The quantitative estimate of drug-likeness (QED) is 0.843. The summed E-state index contributed by atoms with van der Waals surface area (Å²) in [6.07, 6.45) is 1.84. The Labute approximate surface area is 154 Å². The largest absolute Gasteiger partial charge is 0.349 e. The number of hydrogen-bond donors (Lipinski definition) is 2. The number of piperidine rings is 1. The van der Waals surface area contributed by atoms with Gasteiger partial charge in [-0.25, -0.2) is 8.42 Å². The van der Waals surface area contributed by atoms with Gasteiger partial charge in [0.05, 0.1) is 4.90 Å². The smallest absolute Gasteiger partial charge is 0.261 e. The predicted molar refractivity (Wildman–Crippen MR) is 102 cm³/mol. The highest BCUT2D eigenvalue weighted by Crippen LogP contribution is 2.17. The van der Waals surface area contributed by atoms with Crippen molar-refractivity contribution in [2.75, 3.05) is 24.9 Å². The molecule has 2 aromatic rings. The Morgan fingerprint density at radius 3 is 2.42 bits per heavy atom. The molecule has 0 bridgehead atoms. The predicted octanol–water partition coefficient (Wildman–Crippen LogP) is 2.31. The van der Waals surface area contributed by atoms with Gasteiger partial charge in [-0.1, -0.05) is 24.3 Å². The highest BCUT2D eigenvalue weighted by atomic mass is 32.2. The lowest BCUT2D eigenvalue weighted by Gasteiger charge is -2.29. The maximum absolute atomic E-state index is 12.5. The molecule has 0 saturated carbocycles. The van der Waals surface area contributed by atoms with Crippen molar-refractivity contribution in [3.63, 3.8) is 0 Å². The van der Waals surface area contributed by atoms with Crippen LogP contribution in [0, 0.1) is 0 Å². The fraction of sp³-hybridized carbons (Fsp3) is 0.316. The Morgan fingerprint density at radius 2 is 1.73 bits per heavy atom. The molecule has 0 radical (unpaired) electrons. The van der Waals surface area contributed by atoms with Gasteiger partial charge < -0.3 is 10.2 Å². The van der Waals surface area contributed by atoms with E-state index in [2.05, 4.69) is 22.0 Å². The van der Waals surface area contributed by atoms with Gasteiger partial charge in [-0.3, -0.25) is 9.52 Å². The topological polar surface area (TPSA) is 78.5 Å². The highest BCUT2D eigenvalue weighted by molar-refractivity contribution is 7.92. The third kappa shape index (κ3) is 4.62. The number of nitrogens with zero attached hydrogens (tertiary/aromatic N) is 1. The lowest BCUT2D eigenvalue weighted by Crippen LogP contribution is -2.43. The van der Waals surface area contributed by atoms with E-state index in [0.29, 0.717) is 11.3 Å². The summed E-state index contributed by atoms with van der Waals surface area (Å²) < 4.78 is 27.4. The molecule has 0 aromatic heterocycles. The number of rotatable bonds is 5. The molecule has 6 nitrogen and oxygen atoms in total. The lowest BCUT2D eigenvalue weighted by atomic mass is 10.0. The molecule has 2 N–H and O–H groups in total. The second-order valence-electron chi connectivity index (χ2n) is 6.55. The normalized spacial score (nSPS) is 16.2. The van der Waals surface area contributed by atoms with E-state index in [1.165, 1.54) is 12.1 Å². The van der Waals surface area contributed by atoms with Crippen molar-refractivity contribution < 1.29 is 13.2 Å². The molecular weight excluding hydrogens is 350 g/mol. The Kier molecular flexibility index (Phi) is 5.58. The molecule has 0 atom stereocenters. The fourth-order valence-corrected chi connectivity index (χ4v) is 4.03. The number of carbonyl (C=O) groups excluding carboxylic acids is 1. The molecule has 1 aliphatic heterocycles. The van der Waals surface area contributed by atoms with Crippen LogP contribution in [0.3, 0.4) is 0 Å². The Balaban J connectivity index is 1.69. The number of carbonyl (C=O) groups is 1. The Bertz CT molecular complexity index is 861. The van der Waals surface area contributed by atoms with Gasteiger partial charge in [0.1, 0.15) is 0 Å². The van der Waals surface area contributed by atoms with E-state index in [4.69, 9.17) is 0 Å². The van der Waals surface area contributed by atoms with E-state index < -0.39 is 10.0 Å². The van der Waals surface area contributed by atoms with E-state index in [1.54, 1.807) is 42.5 Å². The van der Waals surface area contributed by atoms with E-state index in [-0.39, 0.29) is 16.8 Å². The van der Waals surface area contributed by atoms with Crippen LogP contribution in [-0.4, -0.2) is 45.4 Å². The first-order chi connectivity index (χ1) is 12.4. The molecule has 7 heteroatoms. The molecule has 1 fully saturated rings. The van der Waals surface area contributed by atoms with Gasteiger partial charge in [0.25, 0.3) is 15.9 Å². The number of hydrogen-bond acceptors (Lipinski definition) is 4. The number of benzene rings is 2. The third-order valence-electron chi connectivity index (χ3n) is 4.48. The molecule has 0 unspecified atom stereocenters. The van der Waals surface area contributed by atoms with E-state index >= 15 is 0 Å². The average Bonchev–Trinajstić information content (AvgIpc) is 2.64. The van der Waals surface area contributed by atoms with Crippen LogP contribution in [0.25, 0.3) is 0 Å². The maximum atomic E-state index is 12.5. The summed E-state index contributed by atoms with van der Waals surface area (Å²) in [5.74, 6) is -0.180. The molecule has 3 rings (SSSR count). The van der Waals surface area contributed by atoms with Crippen molar-refractivity contribution in [1.82, 2.24) is 10.2 Å². The summed E-state index contributed by atoms with van der Waals surface area (Å²) in [4.78, 5) is 14.9. The first-order valence-electron chi connectivity index (χ1n) is 8.61. The fourth-order valence-electron chi connectivity index (χ4n) is 2.96. The molecule has 2 aromatic carbocycles.